The van der Waals surface area contributed by atoms with E-state index < -0.39 is 5.54 Å². The van der Waals surface area contributed by atoms with Crippen molar-refractivity contribution in [3.63, 3.8) is 0 Å². The molecule has 0 saturated carbocycles. The van der Waals surface area contributed by atoms with Gasteiger partial charge in [0.2, 0.25) is 0 Å². The molecule has 1 aromatic heterocycles. The maximum absolute atomic E-state index is 13.2. The number of hydrogen-bond acceptors (Lipinski definition) is 4. The Hall–Kier alpha value is -3.22. The van der Waals surface area contributed by atoms with E-state index in [0.29, 0.717) is 37.9 Å². The number of likely N-dealkylation sites (tertiary alicyclic amines) is 1. The number of nitrogens with one attached hydrogen (secondary N) is 1. The van der Waals surface area contributed by atoms with Crippen LogP contribution < -0.4 is 5.32 Å². The van der Waals surface area contributed by atoms with Crippen LogP contribution >= 0.6 is 0 Å². The lowest BCUT2D eigenvalue weighted by Crippen LogP contribution is -2.56. The van der Waals surface area contributed by atoms with Crippen molar-refractivity contribution in [3.05, 3.63) is 54.2 Å². The Labute approximate surface area is 182 Å². The van der Waals surface area contributed by atoms with Gasteiger partial charge in [-0.1, -0.05) is 25.1 Å². The van der Waals surface area contributed by atoms with Crippen LogP contribution in [-0.2, 0) is 4.79 Å². The third kappa shape index (κ3) is 3.69. The Morgan fingerprint density at radius 3 is 2.68 bits per heavy atom. The highest BCUT2D eigenvalue weighted by Gasteiger charge is 2.54. The molecule has 1 unspecified atom stereocenters. The molecule has 7 heteroatoms. The first-order chi connectivity index (χ1) is 14.9. The van der Waals surface area contributed by atoms with Gasteiger partial charge < -0.3 is 10.2 Å². The normalized spacial score (nSPS) is 22.1. The van der Waals surface area contributed by atoms with Crippen LogP contribution in [0.2, 0.25) is 0 Å². The van der Waals surface area contributed by atoms with Gasteiger partial charge in [-0.2, -0.15) is 0 Å². The zero-order chi connectivity index (χ0) is 22.2. The second-order valence-electron chi connectivity index (χ2n) is 8.58. The molecule has 4 rings (SSSR count). The second-order valence-corrected chi connectivity index (χ2v) is 8.58. The van der Waals surface area contributed by atoms with Crippen LogP contribution in [-0.4, -0.2) is 57.8 Å². The Bertz CT molecular complexity index is 1060. The molecule has 0 radical (unpaired) electrons. The van der Waals surface area contributed by atoms with E-state index in [4.69, 9.17) is 0 Å². The third-order valence-corrected chi connectivity index (χ3v) is 6.52. The molecule has 3 heterocycles. The maximum atomic E-state index is 13.2. The molecule has 0 bridgehead atoms. The number of pyridine rings is 1. The van der Waals surface area contributed by atoms with Gasteiger partial charge >= 0.3 is 6.03 Å². The van der Waals surface area contributed by atoms with Crippen LogP contribution in [0.4, 0.5) is 4.79 Å². The fraction of sp³-hybridized carbons (Fsp3) is 0.417. The smallest absolute Gasteiger partial charge is 0.325 e. The number of aromatic nitrogens is 1. The van der Waals surface area contributed by atoms with E-state index in [1.54, 1.807) is 13.1 Å². The van der Waals surface area contributed by atoms with Gasteiger partial charge in [-0.3, -0.25) is 19.5 Å². The summed E-state index contributed by atoms with van der Waals surface area (Å²) in [5.74, 6) is -0.191. The van der Waals surface area contributed by atoms with Crippen LogP contribution in [0.25, 0.3) is 10.9 Å². The number of nitrogens with zero attached hydrogens (tertiary/aromatic N) is 3. The van der Waals surface area contributed by atoms with E-state index >= 15 is 0 Å². The highest BCUT2D eigenvalue weighted by Crippen LogP contribution is 2.36. The largest absolute Gasteiger partial charge is 0.339 e. The van der Waals surface area contributed by atoms with Crippen molar-refractivity contribution in [1.82, 2.24) is 20.1 Å². The van der Waals surface area contributed by atoms with E-state index in [1.807, 2.05) is 42.2 Å². The number of rotatable bonds is 5. The molecular formula is C24H28N4O3. The molecule has 2 aliphatic rings. The number of carbonyl (C=O) groups excluding carboxylic acids is 3. The summed E-state index contributed by atoms with van der Waals surface area (Å²) in [6.45, 7) is 8.92. The molecule has 0 aliphatic carbocycles. The summed E-state index contributed by atoms with van der Waals surface area (Å²) in [6, 6.07) is 9.01. The highest BCUT2D eigenvalue weighted by atomic mass is 16.2. The van der Waals surface area contributed by atoms with Gasteiger partial charge in [-0.15, -0.1) is 0 Å². The molecule has 2 aliphatic heterocycles. The molecule has 2 fully saturated rings. The number of piperidine rings is 1. The number of carbonyl (C=O) groups is 3. The van der Waals surface area contributed by atoms with Crippen LogP contribution in [0, 0.1) is 5.92 Å². The summed E-state index contributed by atoms with van der Waals surface area (Å²) in [5.41, 5.74) is 1.37. The SMILES string of the molecule is C=C(C)CN1C(=O)NC(CC)(C2CCN(C(=O)c3ccc4ncccc4c3)CC2)C1=O. The Morgan fingerprint density at radius 2 is 2.00 bits per heavy atom. The minimum Gasteiger partial charge on any atom is -0.339 e. The predicted octanol–water partition coefficient (Wildman–Crippen LogP) is 3.36. The molecule has 162 valence electrons. The van der Waals surface area contributed by atoms with Crippen molar-refractivity contribution in [3.8, 4) is 0 Å². The minimum atomic E-state index is -0.893. The number of imide groups is 1. The fourth-order valence-corrected chi connectivity index (χ4v) is 4.83. The molecule has 2 aromatic rings. The van der Waals surface area contributed by atoms with Gasteiger partial charge in [0.1, 0.15) is 5.54 Å². The summed E-state index contributed by atoms with van der Waals surface area (Å²) >= 11 is 0. The van der Waals surface area contributed by atoms with Gasteiger partial charge in [-0.25, -0.2) is 4.79 Å². The molecule has 1 atom stereocenters. The third-order valence-electron chi connectivity index (χ3n) is 6.52. The quantitative estimate of drug-likeness (QED) is 0.594. The lowest BCUT2D eigenvalue weighted by Gasteiger charge is -2.40. The van der Waals surface area contributed by atoms with E-state index in [1.165, 1.54) is 4.90 Å². The number of urea groups is 1. The number of amides is 4. The molecule has 1 N–H and O–H groups in total. The van der Waals surface area contributed by atoms with Crippen LogP contribution in [0.15, 0.2) is 48.7 Å². The maximum Gasteiger partial charge on any atom is 0.325 e. The van der Waals surface area contributed by atoms with Crippen molar-refractivity contribution >= 4 is 28.7 Å². The standard InChI is InChI=1S/C24H28N4O3/c1-4-24(22(30)28(15-16(2)3)23(31)26-24)19-9-12-27(13-10-19)21(29)18-7-8-20-17(14-18)6-5-11-25-20/h5-8,11,14,19H,2,4,9-10,12-13,15H2,1,3H3,(H,26,31). The van der Waals surface area contributed by atoms with E-state index in [2.05, 4.69) is 16.9 Å². The fourth-order valence-electron chi connectivity index (χ4n) is 4.83. The Balaban J connectivity index is 1.47. The number of benzene rings is 1. The molecule has 1 aromatic carbocycles. The van der Waals surface area contributed by atoms with Gasteiger partial charge in [-0.05, 0) is 56.4 Å². The average Bonchev–Trinajstić information content (AvgIpc) is 3.03. The molecule has 7 nitrogen and oxygen atoms in total. The summed E-state index contributed by atoms with van der Waals surface area (Å²) in [5, 5.41) is 3.91. The predicted molar refractivity (Wildman–Crippen MR) is 118 cm³/mol. The zero-order valence-electron chi connectivity index (χ0n) is 18.1. The summed E-state index contributed by atoms with van der Waals surface area (Å²) in [4.78, 5) is 46.1. The van der Waals surface area contributed by atoms with E-state index in [9.17, 15) is 14.4 Å². The van der Waals surface area contributed by atoms with Crippen LogP contribution in [0.5, 0.6) is 0 Å². The van der Waals surface area contributed by atoms with Crippen molar-refractivity contribution in [1.29, 1.82) is 0 Å². The van der Waals surface area contributed by atoms with E-state index in [0.717, 1.165) is 16.5 Å². The summed E-state index contributed by atoms with van der Waals surface area (Å²) in [6.07, 6.45) is 3.60. The van der Waals surface area contributed by atoms with E-state index in [-0.39, 0.29) is 30.3 Å². The van der Waals surface area contributed by atoms with Crippen molar-refractivity contribution < 1.29 is 14.4 Å². The monoisotopic (exact) mass is 420 g/mol. The lowest BCUT2D eigenvalue weighted by molar-refractivity contribution is -0.133. The second kappa shape index (κ2) is 8.13. The Kier molecular flexibility index (Phi) is 5.52. The van der Waals surface area contributed by atoms with Crippen molar-refractivity contribution in [2.45, 2.75) is 38.6 Å². The first-order valence-corrected chi connectivity index (χ1v) is 10.8. The zero-order valence-corrected chi connectivity index (χ0v) is 18.1. The molecular weight excluding hydrogens is 392 g/mol. The molecule has 2 saturated heterocycles. The molecule has 31 heavy (non-hydrogen) atoms. The average molecular weight is 421 g/mol. The first-order valence-electron chi connectivity index (χ1n) is 10.8. The molecule has 0 spiro atoms. The van der Waals surface area contributed by atoms with Gasteiger partial charge in [0.15, 0.2) is 0 Å². The lowest BCUT2D eigenvalue weighted by atomic mass is 9.75. The summed E-state index contributed by atoms with van der Waals surface area (Å²) in [7, 11) is 0. The van der Waals surface area contributed by atoms with Crippen molar-refractivity contribution in [2.24, 2.45) is 5.92 Å². The summed E-state index contributed by atoms with van der Waals surface area (Å²) < 4.78 is 0. The van der Waals surface area contributed by atoms with Gasteiger partial charge in [0.05, 0.1) is 12.1 Å². The Morgan fingerprint density at radius 1 is 1.26 bits per heavy atom. The minimum absolute atomic E-state index is 0.00563. The van der Waals surface area contributed by atoms with Crippen LogP contribution in [0.1, 0.15) is 43.5 Å². The van der Waals surface area contributed by atoms with Gasteiger partial charge in [0, 0.05) is 30.2 Å². The highest BCUT2D eigenvalue weighted by molar-refractivity contribution is 6.07. The van der Waals surface area contributed by atoms with Crippen LogP contribution in [0.3, 0.4) is 0 Å². The van der Waals surface area contributed by atoms with Gasteiger partial charge in [0.25, 0.3) is 11.8 Å². The first kappa shape index (κ1) is 21.0. The topological polar surface area (TPSA) is 82.6 Å². The molecule has 4 amide bonds. The number of fused-ring (bicyclic) bond motifs is 1. The van der Waals surface area contributed by atoms with Crippen molar-refractivity contribution in [2.75, 3.05) is 19.6 Å². The number of hydrogen-bond donors (Lipinski definition) is 1.